The van der Waals surface area contributed by atoms with Crippen molar-refractivity contribution in [3.8, 4) is 0 Å². The first-order valence-corrected chi connectivity index (χ1v) is 9.76. The van der Waals surface area contributed by atoms with Gasteiger partial charge in [0, 0.05) is 11.7 Å². The van der Waals surface area contributed by atoms with Crippen molar-refractivity contribution in [3.63, 3.8) is 0 Å². The maximum atomic E-state index is 12.5. The third kappa shape index (κ3) is 4.30. The maximum absolute atomic E-state index is 12.5. The standard InChI is InChI=1S/C18H27O2P/c1-13-11-14(2)17(15(3)12-13)18(19)21(20)10-9-16-7-5-4-6-8-16/h11-12,16,21H,4-10H2,1-3H3. The van der Waals surface area contributed by atoms with E-state index in [-0.39, 0.29) is 5.52 Å². The van der Waals surface area contributed by atoms with E-state index in [2.05, 4.69) is 0 Å². The first kappa shape index (κ1) is 16.5. The van der Waals surface area contributed by atoms with Crippen molar-refractivity contribution in [2.24, 2.45) is 5.92 Å². The lowest BCUT2D eigenvalue weighted by Crippen LogP contribution is -2.08. The van der Waals surface area contributed by atoms with E-state index < -0.39 is 7.80 Å². The van der Waals surface area contributed by atoms with E-state index in [1.807, 2.05) is 32.9 Å². The average molecular weight is 306 g/mol. The Morgan fingerprint density at radius 2 is 1.67 bits per heavy atom. The Balaban J connectivity index is 2.00. The maximum Gasteiger partial charge on any atom is 0.219 e. The molecule has 0 bridgehead atoms. The van der Waals surface area contributed by atoms with Gasteiger partial charge in [-0.1, -0.05) is 49.8 Å². The molecule has 0 N–H and O–H groups in total. The van der Waals surface area contributed by atoms with Crippen LogP contribution in [-0.4, -0.2) is 11.7 Å². The molecule has 0 amide bonds. The van der Waals surface area contributed by atoms with Crippen molar-refractivity contribution in [2.75, 3.05) is 6.16 Å². The largest absolute Gasteiger partial charge is 0.318 e. The summed E-state index contributed by atoms with van der Waals surface area (Å²) in [4.78, 5) is 12.5. The van der Waals surface area contributed by atoms with Crippen LogP contribution in [0, 0.1) is 26.7 Å². The summed E-state index contributed by atoms with van der Waals surface area (Å²) in [5, 5.41) is 0. The Labute approximate surface area is 129 Å². The first-order chi connectivity index (χ1) is 9.99. The molecule has 1 aromatic carbocycles. The van der Waals surface area contributed by atoms with Crippen LogP contribution in [0.5, 0.6) is 0 Å². The van der Waals surface area contributed by atoms with Gasteiger partial charge in [0.05, 0.1) is 0 Å². The number of rotatable bonds is 5. The molecule has 0 saturated heterocycles. The zero-order valence-corrected chi connectivity index (χ0v) is 14.5. The Hall–Kier alpha value is -0.880. The van der Waals surface area contributed by atoms with Crippen LogP contribution < -0.4 is 0 Å². The monoisotopic (exact) mass is 306 g/mol. The molecule has 0 aromatic heterocycles. The second-order valence-corrected chi connectivity index (χ2v) is 8.37. The van der Waals surface area contributed by atoms with Crippen LogP contribution in [0.3, 0.4) is 0 Å². The molecule has 1 aromatic rings. The molecule has 21 heavy (non-hydrogen) atoms. The summed E-state index contributed by atoms with van der Waals surface area (Å²) in [5.74, 6) is 0.695. The van der Waals surface area contributed by atoms with Crippen LogP contribution in [0.1, 0.15) is 65.6 Å². The van der Waals surface area contributed by atoms with Gasteiger partial charge in [-0.05, 0) is 44.2 Å². The van der Waals surface area contributed by atoms with Crippen LogP contribution >= 0.6 is 7.80 Å². The van der Waals surface area contributed by atoms with Gasteiger partial charge in [-0.2, -0.15) is 0 Å². The summed E-state index contributed by atoms with van der Waals surface area (Å²) in [6.45, 7) is 5.92. The van der Waals surface area contributed by atoms with Crippen LogP contribution in [0.2, 0.25) is 0 Å². The van der Waals surface area contributed by atoms with Gasteiger partial charge in [0.1, 0.15) is 7.80 Å². The van der Waals surface area contributed by atoms with Crippen molar-refractivity contribution in [2.45, 2.75) is 59.3 Å². The Morgan fingerprint density at radius 1 is 1.10 bits per heavy atom. The lowest BCUT2D eigenvalue weighted by Gasteiger charge is -2.21. The molecule has 1 aliphatic carbocycles. The topological polar surface area (TPSA) is 34.1 Å². The second-order valence-electron chi connectivity index (χ2n) is 6.57. The van der Waals surface area contributed by atoms with Crippen molar-refractivity contribution < 1.29 is 9.36 Å². The Bertz CT molecular complexity index is 519. The Kier molecular flexibility index (Phi) is 5.81. The van der Waals surface area contributed by atoms with E-state index in [4.69, 9.17) is 0 Å². The lowest BCUT2D eigenvalue weighted by atomic mass is 9.88. The van der Waals surface area contributed by atoms with Crippen LogP contribution in [-0.2, 0) is 4.57 Å². The summed E-state index contributed by atoms with van der Waals surface area (Å²) in [6, 6.07) is 4.02. The highest BCUT2D eigenvalue weighted by Gasteiger charge is 2.21. The van der Waals surface area contributed by atoms with Gasteiger partial charge >= 0.3 is 0 Å². The number of carbonyl (C=O) groups is 1. The molecule has 2 rings (SSSR count). The molecule has 1 atom stereocenters. The van der Waals surface area contributed by atoms with Gasteiger partial charge in [0.2, 0.25) is 5.52 Å². The zero-order chi connectivity index (χ0) is 15.4. The minimum absolute atomic E-state index is 0.106. The summed E-state index contributed by atoms with van der Waals surface area (Å²) < 4.78 is 12.4. The summed E-state index contributed by atoms with van der Waals surface area (Å²) in [6.07, 6.45) is 8.02. The van der Waals surface area contributed by atoms with E-state index in [0.717, 1.165) is 23.1 Å². The van der Waals surface area contributed by atoms with E-state index >= 15 is 0 Å². The van der Waals surface area contributed by atoms with Gasteiger partial charge < -0.3 is 4.57 Å². The molecule has 2 nitrogen and oxygen atoms in total. The second kappa shape index (κ2) is 7.40. The van der Waals surface area contributed by atoms with E-state index in [9.17, 15) is 9.36 Å². The lowest BCUT2D eigenvalue weighted by molar-refractivity contribution is 0.107. The quantitative estimate of drug-likeness (QED) is 0.693. The van der Waals surface area contributed by atoms with Gasteiger partial charge in [0.25, 0.3) is 0 Å². The van der Waals surface area contributed by atoms with Gasteiger partial charge in [-0.3, -0.25) is 4.79 Å². The number of hydrogen-bond donors (Lipinski definition) is 0. The fraction of sp³-hybridized carbons (Fsp3) is 0.611. The van der Waals surface area contributed by atoms with E-state index in [1.165, 1.54) is 32.1 Å². The highest BCUT2D eigenvalue weighted by Crippen LogP contribution is 2.35. The molecular formula is C18H27O2P. The van der Waals surface area contributed by atoms with E-state index in [0.29, 0.717) is 17.6 Å². The molecule has 1 unspecified atom stereocenters. The Morgan fingerprint density at radius 3 is 2.24 bits per heavy atom. The zero-order valence-electron chi connectivity index (χ0n) is 13.5. The number of benzene rings is 1. The molecule has 116 valence electrons. The first-order valence-electron chi connectivity index (χ1n) is 8.14. The van der Waals surface area contributed by atoms with Crippen molar-refractivity contribution >= 4 is 13.3 Å². The summed E-state index contributed by atoms with van der Waals surface area (Å²) in [5.41, 5.74) is 3.68. The number of carbonyl (C=O) groups excluding carboxylic acids is 1. The molecule has 0 radical (unpaired) electrons. The third-order valence-electron chi connectivity index (χ3n) is 4.66. The van der Waals surface area contributed by atoms with Gasteiger partial charge in [-0.15, -0.1) is 0 Å². The predicted octanol–water partition coefficient (Wildman–Crippen LogP) is 5.28. The molecule has 0 heterocycles. The molecule has 0 aliphatic heterocycles. The molecule has 1 saturated carbocycles. The average Bonchev–Trinajstić information content (AvgIpc) is 2.44. The fourth-order valence-electron chi connectivity index (χ4n) is 3.60. The van der Waals surface area contributed by atoms with Crippen LogP contribution in [0.15, 0.2) is 12.1 Å². The van der Waals surface area contributed by atoms with Crippen molar-refractivity contribution in [3.05, 3.63) is 34.4 Å². The molecule has 1 aliphatic rings. The number of hydrogen-bond acceptors (Lipinski definition) is 2. The van der Waals surface area contributed by atoms with Crippen molar-refractivity contribution in [1.29, 1.82) is 0 Å². The summed E-state index contributed by atoms with van der Waals surface area (Å²) in [7, 11) is -2.16. The minimum Gasteiger partial charge on any atom is -0.318 e. The highest BCUT2D eigenvalue weighted by atomic mass is 31.1. The molecule has 0 spiro atoms. The molecular weight excluding hydrogens is 279 g/mol. The SMILES string of the molecule is Cc1cc(C)c(C(=O)[PH](=O)CCC2CCCCC2)c(C)c1. The number of aryl methyl sites for hydroxylation is 3. The minimum atomic E-state index is -2.16. The predicted molar refractivity (Wildman–Crippen MR) is 90.0 cm³/mol. The molecule has 3 heteroatoms. The van der Waals surface area contributed by atoms with E-state index in [1.54, 1.807) is 0 Å². The summed E-state index contributed by atoms with van der Waals surface area (Å²) >= 11 is 0. The van der Waals surface area contributed by atoms with Crippen molar-refractivity contribution in [1.82, 2.24) is 0 Å². The normalized spacial score (nSPS) is 17.7. The van der Waals surface area contributed by atoms with Gasteiger partial charge in [-0.25, -0.2) is 0 Å². The smallest absolute Gasteiger partial charge is 0.219 e. The van der Waals surface area contributed by atoms with Crippen LogP contribution in [0.4, 0.5) is 0 Å². The fourth-order valence-corrected chi connectivity index (χ4v) is 5.17. The molecule has 1 fully saturated rings. The van der Waals surface area contributed by atoms with Crippen LogP contribution in [0.25, 0.3) is 0 Å². The van der Waals surface area contributed by atoms with Gasteiger partial charge in [0.15, 0.2) is 0 Å². The highest BCUT2D eigenvalue weighted by molar-refractivity contribution is 7.64. The third-order valence-corrected chi connectivity index (χ3v) is 6.16.